The second-order valence-electron chi connectivity index (χ2n) is 10.6. The third-order valence-corrected chi connectivity index (χ3v) is 7.77. The van der Waals surface area contributed by atoms with Gasteiger partial charge >= 0.3 is 0 Å². The van der Waals surface area contributed by atoms with Gasteiger partial charge in [-0.1, -0.05) is 115 Å². The molecule has 2 aromatic carbocycles. The molecule has 0 spiro atoms. The molecule has 0 saturated carbocycles. The van der Waals surface area contributed by atoms with Gasteiger partial charge in [0.1, 0.15) is 0 Å². The van der Waals surface area contributed by atoms with Crippen LogP contribution in [0.3, 0.4) is 0 Å². The minimum atomic E-state index is 0.394. The molecule has 1 aliphatic carbocycles. The van der Waals surface area contributed by atoms with E-state index >= 15 is 0 Å². The predicted molar refractivity (Wildman–Crippen MR) is 156 cm³/mol. The topological polar surface area (TPSA) is 6.48 Å². The third kappa shape index (κ3) is 7.35. The van der Waals surface area contributed by atoms with Gasteiger partial charge in [-0.25, -0.2) is 0 Å². The van der Waals surface area contributed by atoms with Gasteiger partial charge in [0.15, 0.2) is 0 Å². The standard InChI is InChI=1S/C33H52N2/c1-5-9-15-24-34(25-16-10-6-2)31-23-19-22-29-28-20-13-14-21-30(28)33(32(29)31)35(26-17-11-7-3)27-18-12-8-4/h13-14,19-23,33H,5-12,15-18,24-27H2,1-4H3. The number of hydrogen-bond acceptors (Lipinski definition) is 2. The lowest BCUT2D eigenvalue weighted by atomic mass is 9.99. The van der Waals surface area contributed by atoms with E-state index in [0.29, 0.717) is 6.04 Å². The summed E-state index contributed by atoms with van der Waals surface area (Å²) in [4.78, 5) is 5.59. The molecule has 1 atom stereocenters. The van der Waals surface area contributed by atoms with Crippen molar-refractivity contribution in [3.8, 4) is 11.1 Å². The van der Waals surface area contributed by atoms with Crippen LogP contribution < -0.4 is 4.90 Å². The maximum absolute atomic E-state index is 2.84. The average Bonchev–Trinajstić information content (AvgIpc) is 3.22. The zero-order chi connectivity index (χ0) is 24.9. The minimum absolute atomic E-state index is 0.394. The fourth-order valence-electron chi connectivity index (χ4n) is 5.82. The molecule has 0 aromatic heterocycles. The Morgan fingerprint density at radius 3 is 1.63 bits per heavy atom. The number of fused-ring (bicyclic) bond motifs is 3. The van der Waals surface area contributed by atoms with Gasteiger partial charge in [0.25, 0.3) is 0 Å². The Labute approximate surface area is 217 Å². The molecule has 0 heterocycles. The van der Waals surface area contributed by atoms with Crippen molar-refractivity contribution in [1.29, 1.82) is 0 Å². The largest absolute Gasteiger partial charge is 0.371 e. The Bertz CT molecular complexity index is 838. The summed E-state index contributed by atoms with van der Waals surface area (Å²) in [5.74, 6) is 0. The molecule has 3 rings (SSSR count). The lowest BCUT2D eigenvalue weighted by molar-refractivity contribution is 0.219. The molecular formula is C33H52N2. The van der Waals surface area contributed by atoms with Crippen molar-refractivity contribution in [2.45, 2.75) is 111 Å². The molecule has 0 radical (unpaired) electrons. The molecule has 1 unspecified atom stereocenters. The number of unbranched alkanes of at least 4 members (excludes halogenated alkanes) is 8. The van der Waals surface area contributed by atoms with Gasteiger partial charge in [-0.3, -0.25) is 4.90 Å². The van der Waals surface area contributed by atoms with Crippen LogP contribution in [0.2, 0.25) is 0 Å². The van der Waals surface area contributed by atoms with Gasteiger partial charge < -0.3 is 4.90 Å². The highest BCUT2D eigenvalue weighted by molar-refractivity contribution is 5.84. The Hall–Kier alpha value is -1.80. The molecule has 0 amide bonds. The molecule has 2 nitrogen and oxygen atoms in total. The van der Waals surface area contributed by atoms with Crippen LogP contribution in [0.15, 0.2) is 42.5 Å². The Morgan fingerprint density at radius 2 is 1.06 bits per heavy atom. The maximum Gasteiger partial charge on any atom is 0.0634 e. The second kappa shape index (κ2) is 15.3. The Balaban J connectivity index is 2.02. The summed E-state index contributed by atoms with van der Waals surface area (Å²) in [5, 5.41) is 0. The number of hydrogen-bond donors (Lipinski definition) is 0. The molecule has 2 aromatic rings. The molecule has 194 valence electrons. The normalized spacial score (nSPS) is 14.4. The van der Waals surface area contributed by atoms with Crippen LogP contribution in [-0.4, -0.2) is 31.1 Å². The fourth-order valence-corrected chi connectivity index (χ4v) is 5.82. The van der Waals surface area contributed by atoms with Crippen LogP contribution in [0.5, 0.6) is 0 Å². The number of benzene rings is 2. The Morgan fingerprint density at radius 1 is 0.543 bits per heavy atom. The predicted octanol–water partition coefficient (Wildman–Crippen LogP) is 9.63. The molecule has 0 fully saturated rings. The van der Waals surface area contributed by atoms with E-state index in [0.717, 1.165) is 0 Å². The number of anilines is 1. The lowest BCUT2D eigenvalue weighted by Crippen LogP contribution is -2.33. The van der Waals surface area contributed by atoms with E-state index in [2.05, 4.69) is 80.0 Å². The monoisotopic (exact) mass is 476 g/mol. The van der Waals surface area contributed by atoms with Gasteiger partial charge in [0.05, 0.1) is 6.04 Å². The first-order chi connectivity index (χ1) is 17.3. The third-order valence-electron chi connectivity index (χ3n) is 7.77. The molecular weight excluding hydrogens is 424 g/mol. The summed E-state index contributed by atoms with van der Waals surface area (Å²) in [6.45, 7) is 14.1. The zero-order valence-corrected chi connectivity index (χ0v) is 23.3. The zero-order valence-electron chi connectivity index (χ0n) is 23.3. The van der Waals surface area contributed by atoms with Crippen molar-refractivity contribution < 1.29 is 0 Å². The van der Waals surface area contributed by atoms with E-state index in [1.807, 2.05) is 0 Å². The van der Waals surface area contributed by atoms with E-state index < -0.39 is 0 Å². The van der Waals surface area contributed by atoms with Crippen LogP contribution in [0, 0.1) is 0 Å². The summed E-state index contributed by atoms with van der Waals surface area (Å²) in [7, 11) is 0. The van der Waals surface area contributed by atoms with Crippen molar-refractivity contribution >= 4 is 5.69 Å². The lowest BCUT2D eigenvalue weighted by Gasteiger charge is -2.34. The van der Waals surface area contributed by atoms with E-state index in [-0.39, 0.29) is 0 Å². The van der Waals surface area contributed by atoms with Crippen molar-refractivity contribution in [3.05, 3.63) is 53.6 Å². The number of nitrogens with zero attached hydrogens (tertiary/aromatic N) is 2. The Kier molecular flexibility index (Phi) is 12.2. The molecule has 0 bridgehead atoms. The first kappa shape index (κ1) is 27.8. The highest BCUT2D eigenvalue weighted by Crippen LogP contribution is 2.50. The summed E-state index contributed by atoms with van der Waals surface area (Å²) >= 11 is 0. The highest BCUT2D eigenvalue weighted by atomic mass is 15.2. The van der Waals surface area contributed by atoms with E-state index in [1.165, 1.54) is 126 Å². The van der Waals surface area contributed by atoms with Gasteiger partial charge in [-0.2, -0.15) is 0 Å². The van der Waals surface area contributed by atoms with E-state index in [4.69, 9.17) is 0 Å². The van der Waals surface area contributed by atoms with E-state index in [9.17, 15) is 0 Å². The quantitative estimate of drug-likeness (QED) is 0.198. The fraction of sp³-hybridized carbons (Fsp3) is 0.636. The summed E-state index contributed by atoms with van der Waals surface area (Å²) in [5.41, 5.74) is 7.58. The summed E-state index contributed by atoms with van der Waals surface area (Å²) in [6, 6.07) is 16.8. The molecule has 0 saturated heterocycles. The highest BCUT2D eigenvalue weighted by Gasteiger charge is 2.35. The molecule has 2 heteroatoms. The van der Waals surface area contributed by atoms with Gasteiger partial charge in [-0.15, -0.1) is 0 Å². The van der Waals surface area contributed by atoms with E-state index in [1.54, 1.807) is 5.56 Å². The van der Waals surface area contributed by atoms with Crippen molar-refractivity contribution in [3.63, 3.8) is 0 Å². The van der Waals surface area contributed by atoms with Crippen molar-refractivity contribution in [2.24, 2.45) is 0 Å². The van der Waals surface area contributed by atoms with Crippen molar-refractivity contribution in [1.82, 2.24) is 4.90 Å². The molecule has 0 aliphatic heterocycles. The van der Waals surface area contributed by atoms with Crippen LogP contribution >= 0.6 is 0 Å². The summed E-state index contributed by atoms with van der Waals surface area (Å²) in [6.07, 6.45) is 15.6. The minimum Gasteiger partial charge on any atom is -0.371 e. The molecule has 35 heavy (non-hydrogen) atoms. The molecule has 0 N–H and O–H groups in total. The average molecular weight is 477 g/mol. The summed E-state index contributed by atoms with van der Waals surface area (Å²) < 4.78 is 0. The SMILES string of the molecule is CCCCCN(CCCCC)c1cccc2c1C(N(CCCCC)CCCCC)c1ccccc1-2. The smallest absolute Gasteiger partial charge is 0.0634 e. The van der Waals surface area contributed by atoms with Crippen LogP contribution in [-0.2, 0) is 0 Å². The van der Waals surface area contributed by atoms with Crippen LogP contribution in [0.25, 0.3) is 11.1 Å². The van der Waals surface area contributed by atoms with Gasteiger partial charge in [-0.05, 0) is 61.5 Å². The van der Waals surface area contributed by atoms with Crippen LogP contribution in [0.4, 0.5) is 5.69 Å². The van der Waals surface area contributed by atoms with Crippen molar-refractivity contribution in [2.75, 3.05) is 31.1 Å². The maximum atomic E-state index is 2.84. The first-order valence-electron chi connectivity index (χ1n) is 15.0. The van der Waals surface area contributed by atoms with Gasteiger partial charge in [0, 0.05) is 24.3 Å². The molecule has 1 aliphatic rings. The first-order valence-corrected chi connectivity index (χ1v) is 15.0. The number of rotatable bonds is 18. The van der Waals surface area contributed by atoms with Gasteiger partial charge in [0.2, 0.25) is 0 Å². The van der Waals surface area contributed by atoms with Crippen LogP contribution in [0.1, 0.15) is 122 Å². The second-order valence-corrected chi connectivity index (χ2v) is 10.6.